The van der Waals surface area contributed by atoms with Gasteiger partial charge in [-0.2, -0.15) is 0 Å². The molecule has 2 heterocycles. The lowest BCUT2D eigenvalue weighted by Crippen LogP contribution is -2.45. The Hall–Kier alpha value is -1.02. The SMILES string of the molecule is COc1ccc2c(c1)[C@]1(I)CCO[C@@H]1N2C(=O)OC(C)(C)C. The topological polar surface area (TPSA) is 48.0 Å². The second-order valence-corrected chi connectivity index (χ2v) is 8.49. The zero-order valence-corrected chi connectivity index (χ0v) is 15.3. The van der Waals surface area contributed by atoms with Gasteiger partial charge in [0.1, 0.15) is 11.4 Å². The highest BCUT2D eigenvalue weighted by Gasteiger charge is 2.56. The van der Waals surface area contributed by atoms with Gasteiger partial charge in [0.15, 0.2) is 6.23 Å². The molecule has 0 saturated carbocycles. The largest absolute Gasteiger partial charge is 0.497 e. The standard InChI is InChI=1S/C16H20INO4/c1-15(2,3)22-14(19)18-12-6-5-10(20-4)9-11(12)16(17)7-8-21-13(16)18/h5-6,9,13H,7-8H2,1-4H3/t13-,16+/m0/s1. The number of methoxy groups -OCH3 is 1. The molecular formula is C16H20INO4. The Morgan fingerprint density at radius 1 is 1.45 bits per heavy atom. The van der Waals surface area contributed by atoms with Crippen molar-refractivity contribution >= 4 is 34.4 Å². The smallest absolute Gasteiger partial charge is 0.417 e. The van der Waals surface area contributed by atoms with E-state index in [4.69, 9.17) is 14.2 Å². The highest BCUT2D eigenvalue weighted by Crippen LogP contribution is 2.56. The van der Waals surface area contributed by atoms with Gasteiger partial charge in [-0.05, 0) is 45.4 Å². The molecule has 0 N–H and O–H groups in total. The Balaban J connectivity index is 2.04. The summed E-state index contributed by atoms with van der Waals surface area (Å²) < 4.78 is 16.5. The van der Waals surface area contributed by atoms with Gasteiger partial charge in [-0.1, -0.05) is 22.6 Å². The predicted octanol–water partition coefficient (Wildman–Crippen LogP) is 3.83. The van der Waals surface area contributed by atoms with Gasteiger partial charge in [0.2, 0.25) is 0 Å². The zero-order valence-electron chi connectivity index (χ0n) is 13.2. The van der Waals surface area contributed by atoms with Gasteiger partial charge >= 0.3 is 6.09 Å². The molecule has 0 aliphatic carbocycles. The lowest BCUT2D eigenvalue weighted by molar-refractivity contribution is 0.0414. The lowest BCUT2D eigenvalue weighted by Gasteiger charge is -2.29. The summed E-state index contributed by atoms with van der Waals surface area (Å²) in [4.78, 5) is 14.3. The van der Waals surface area contributed by atoms with Crippen molar-refractivity contribution in [1.29, 1.82) is 0 Å². The second kappa shape index (κ2) is 5.26. The number of hydrogen-bond donors (Lipinski definition) is 0. The van der Waals surface area contributed by atoms with E-state index in [9.17, 15) is 4.79 Å². The summed E-state index contributed by atoms with van der Waals surface area (Å²) in [6.45, 7) is 6.22. The predicted molar refractivity (Wildman–Crippen MR) is 91.8 cm³/mol. The molecule has 0 spiro atoms. The second-order valence-electron chi connectivity index (χ2n) is 6.57. The maximum Gasteiger partial charge on any atom is 0.417 e. The number of amides is 1. The van der Waals surface area contributed by atoms with Crippen LogP contribution in [0.2, 0.25) is 0 Å². The summed E-state index contributed by atoms with van der Waals surface area (Å²) in [6.07, 6.45) is 0.159. The molecule has 6 heteroatoms. The van der Waals surface area contributed by atoms with Crippen LogP contribution >= 0.6 is 22.6 Å². The first-order valence-corrected chi connectivity index (χ1v) is 8.35. The normalized spacial score (nSPS) is 26.6. The number of carbonyl (C=O) groups excluding carboxylic acids is 1. The van der Waals surface area contributed by atoms with E-state index >= 15 is 0 Å². The maximum atomic E-state index is 12.7. The summed E-state index contributed by atoms with van der Waals surface area (Å²) in [5.74, 6) is 0.784. The van der Waals surface area contributed by atoms with Crippen LogP contribution in [0.15, 0.2) is 18.2 Å². The van der Waals surface area contributed by atoms with Crippen molar-refractivity contribution in [1.82, 2.24) is 0 Å². The minimum absolute atomic E-state index is 0.251. The van der Waals surface area contributed by atoms with E-state index in [1.165, 1.54) is 0 Å². The van der Waals surface area contributed by atoms with Crippen molar-refractivity contribution in [2.24, 2.45) is 0 Å². The van der Waals surface area contributed by atoms with Gasteiger partial charge in [0.25, 0.3) is 0 Å². The highest BCUT2D eigenvalue weighted by molar-refractivity contribution is 14.1. The Labute approximate surface area is 144 Å². The molecule has 1 fully saturated rings. The summed E-state index contributed by atoms with van der Waals surface area (Å²) in [5, 5.41) is 0. The minimum atomic E-state index is -0.543. The maximum absolute atomic E-state index is 12.7. The number of carbonyl (C=O) groups is 1. The molecule has 5 nitrogen and oxygen atoms in total. The van der Waals surface area contributed by atoms with E-state index in [0.29, 0.717) is 6.61 Å². The van der Waals surface area contributed by atoms with Crippen LogP contribution in [0.1, 0.15) is 32.8 Å². The van der Waals surface area contributed by atoms with Crippen molar-refractivity contribution in [3.63, 3.8) is 0 Å². The third-order valence-electron chi connectivity index (χ3n) is 3.87. The third-order valence-corrected chi connectivity index (χ3v) is 5.52. The molecular weight excluding hydrogens is 397 g/mol. The van der Waals surface area contributed by atoms with Crippen LogP contribution in [0, 0.1) is 0 Å². The number of benzene rings is 1. The average Bonchev–Trinajstić information content (AvgIpc) is 2.89. The van der Waals surface area contributed by atoms with E-state index in [-0.39, 0.29) is 15.7 Å². The fourth-order valence-electron chi connectivity index (χ4n) is 2.94. The number of fused-ring (bicyclic) bond motifs is 3. The van der Waals surface area contributed by atoms with Crippen LogP contribution in [-0.4, -0.2) is 31.6 Å². The number of alkyl halides is 1. The van der Waals surface area contributed by atoms with Gasteiger partial charge in [0.05, 0.1) is 22.8 Å². The number of halogens is 1. The quantitative estimate of drug-likeness (QED) is 0.515. The van der Waals surface area contributed by atoms with Crippen molar-refractivity contribution in [2.75, 3.05) is 18.6 Å². The first-order chi connectivity index (χ1) is 10.3. The van der Waals surface area contributed by atoms with E-state index in [1.807, 2.05) is 39.0 Å². The highest BCUT2D eigenvalue weighted by atomic mass is 127. The van der Waals surface area contributed by atoms with Crippen molar-refractivity contribution in [3.8, 4) is 5.75 Å². The van der Waals surface area contributed by atoms with Gasteiger partial charge < -0.3 is 14.2 Å². The van der Waals surface area contributed by atoms with E-state index in [2.05, 4.69) is 22.6 Å². The average molecular weight is 417 g/mol. The molecule has 0 bridgehead atoms. The van der Waals surface area contributed by atoms with Crippen LogP contribution < -0.4 is 9.64 Å². The number of anilines is 1. The molecule has 120 valence electrons. The lowest BCUT2D eigenvalue weighted by atomic mass is 9.98. The van der Waals surface area contributed by atoms with Crippen LogP contribution in [0.3, 0.4) is 0 Å². The fraction of sp³-hybridized carbons (Fsp3) is 0.562. The first-order valence-electron chi connectivity index (χ1n) is 7.27. The number of rotatable bonds is 1. The van der Waals surface area contributed by atoms with Crippen LogP contribution in [-0.2, 0) is 12.9 Å². The molecule has 3 rings (SSSR count). The van der Waals surface area contributed by atoms with Crippen LogP contribution in [0.4, 0.5) is 10.5 Å². The summed E-state index contributed by atoms with van der Waals surface area (Å²) in [6, 6.07) is 5.76. The molecule has 0 unspecified atom stereocenters. The number of nitrogens with zero attached hydrogens (tertiary/aromatic N) is 1. The van der Waals surface area contributed by atoms with Gasteiger partial charge in [-0.15, -0.1) is 0 Å². The Kier molecular flexibility index (Phi) is 3.79. The number of ether oxygens (including phenoxy) is 3. The molecule has 1 aromatic carbocycles. The molecule has 22 heavy (non-hydrogen) atoms. The van der Waals surface area contributed by atoms with Crippen molar-refractivity contribution < 1.29 is 19.0 Å². The molecule has 2 aliphatic heterocycles. The molecule has 2 aliphatic rings. The van der Waals surface area contributed by atoms with E-state index in [0.717, 1.165) is 23.4 Å². The summed E-state index contributed by atoms with van der Waals surface area (Å²) in [7, 11) is 1.64. The van der Waals surface area contributed by atoms with Crippen LogP contribution in [0.5, 0.6) is 5.75 Å². The van der Waals surface area contributed by atoms with E-state index in [1.54, 1.807) is 12.0 Å². The third kappa shape index (κ3) is 2.46. The first kappa shape index (κ1) is 15.9. The Morgan fingerprint density at radius 3 is 2.82 bits per heavy atom. The van der Waals surface area contributed by atoms with Crippen molar-refractivity contribution in [3.05, 3.63) is 23.8 Å². The van der Waals surface area contributed by atoms with Crippen molar-refractivity contribution in [2.45, 2.75) is 42.4 Å². The monoisotopic (exact) mass is 417 g/mol. The van der Waals surface area contributed by atoms with Crippen LogP contribution in [0.25, 0.3) is 0 Å². The molecule has 1 aromatic rings. The molecule has 0 radical (unpaired) electrons. The fourth-order valence-corrected chi connectivity index (χ4v) is 4.05. The molecule has 2 atom stereocenters. The number of hydrogen-bond acceptors (Lipinski definition) is 4. The van der Waals surface area contributed by atoms with Gasteiger partial charge in [-0.25, -0.2) is 9.69 Å². The summed E-state index contributed by atoms with van der Waals surface area (Å²) >= 11 is 2.40. The molecule has 1 amide bonds. The Morgan fingerprint density at radius 2 is 2.18 bits per heavy atom. The summed E-state index contributed by atoms with van der Waals surface area (Å²) in [5.41, 5.74) is 1.37. The Bertz CT molecular complexity index is 613. The molecule has 1 saturated heterocycles. The van der Waals surface area contributed by atoms with Gasteiger partial charge in [-0.3, -0.25) is 0 Å². The molecule has 0 aromatic heterocycles. The zero-order chi connectivity index (χ0) is 16.1. The minimum Gasteiger partial charge on any atom is -0.497 e. The van der Waals surface area contributed by atoms with Gasteiger partial charge in [0, 0.05) is 5.56 Å². The van der Waals surface area contributed by atoms with E-state index < -0.39 is 5.60 Å².